The number of nitrogens with one attached hydrogen (secondary N) is 1. The number of carbonyl (C=O) groups excluding carboxylic acids is 1. The van der Waals surface area contributed by atoms with E-state index in [2.05, 4.69) is 23.3 Å². The molecule has 1 fully saturated rings. The molecule has 0 bridgehead atoms. The lowest BCUT2D eigenvalue weighted by molar-refractivity contribution is -0.120. The van der Waals surface area contributed by atoms with Gasteiger partial charge in [-0.3, -0.25) is 10.1 Å². The Labute approximate surface area is 180 Å². The van der Waals surface area contributed by atoms with Crippen molar-refractivity contribution < 1.29 is 9.90 Å². The van der Waals surface area contributed by atoms with Crippen molar-refractivity contribution in [3.05, 3.63) is 58.6 Å². The van der Waals surface area contributed by atoms with Crippen LogP contribution in [0.5, 0.6) is 0 Å². The van der Waals surface area contributed by atoms with Crippen LogP contribution < -0.4 is 5.32 Å². The summed E-state index contributed by atoms with van der Waals surface area (Å²) in [5.41, 5.74) is 0.996. The van der Waals surface area contributed by atoms with Gasteiger partial charge in [-0.25, -0.2) is 4.98 Å². The molecule has 4 rings (SSSR count). The van der Waals surface area contributed by atoms with Gasteiger partial charge in [0.25, 0.3) is 0 Å². The minimum atomic E-state index is -1.42. The molecule has 2 aromatic carbocycles. The van der Waals surface area contributed by atoms with Crippen LogP contribution in [0.4, 0.5) is 5.95 Å². The van der Waals surface area contributed by atoms with Gasteiger partial charge in [0.15, 0.2) is 0 Å². The molecule has 0 unspecified atom stereocenters. The summed E-state index contributed by atoms with van der Waals surface area (Å²) in [4.78, 5) is 17.5. The Morgan fingerprint density at radius 1 is 1.37 bits per heavy atom. The topological polar surface area (TPSA) is 90.9 Å². The van der Waals surface area contributed by atoms with E-state index in [1.165, 1.54) is 0 Å². The molecule has 30 heavy (non-hydrogen) atoms. The van der Waals surface area contributed by atoms with Gasteiger partial charge in [-0.15, -0.1) is 0 Å². The van der Waals surface area contributed by atoms with Crippen LogP contribution in [0, 0.1) is 11.3 Å². The number of imidazole rings is 1. The smallest absolute Gasteiger partial charge is 0.229 e. The van der Waals surface area contributed by atoms with Crippen molar-refractivity contribution in [2.45, 2.75) is 50.7 Å². The van der Waals surface area contributed by atoms with E-state index < -0.39 is 5.60 Å². The van der Waals surface area contributed by atoms with Crippen molar-refractivity contribution in [2.24, 2.45) is 0 Å². The molecule has 1 atom stereocenters. The molecule has 1 aliphatic carbocycles. The van der Waals surface area contributed by atoms with Crippen molar-refractivity contribution in [1.82, 2.24) is 9.55 Å². The average Bonchev–Trinajstić information content (AvgIpc) is 3.02. The molecule has 2 N–H and O–H groups in total. The first-order valence-electron chi connectivity index (χ1n) is 9.94. The van der Waals surface area contributed by atoms with Crippen LogP contribution in [0.3, 0.4) is 0 Å². The molecule has 1 heterocycles. The van der Waals surface area contributed by atoms with Gasteiger partial charge in [-0.2, -0.15) is 5.26 Å². The number of rotatable bonds is 5. The molecule has 0 saturated heterocycles. The number of nitrogens with zero attached hydrogens (tertiary/aromatic N) is 3. The second kappa shape index (κ2) is 7.42. The Morgan fingerprint density at radius 3 is 2.73 bits per heavy atom. The largest absolute Gasteiger partial charge is 0.385 e. The summed E-state index contributed by atoms with van der Waals surface area (Å²) >= 11 is 6.21. The average molecular weight is 423 g/mol. The standard InChI is InChI=1S/C23H23ClN4O2/c1-22(10-5-11-22)28-19-12-15(14-25)8-9-18(19)26-21(28)27-20(29)13-23(2,30)16-6-3-4-7-17(16)24/h3-4,6-9,12,30H,5,10-11,13H2,1-2H3,(H,26,27,29)/t23-/m0/s1. The zero-order valence-electron chi connectivity index (χ0n) is 16.9. The van der Waals surface area contributed by atoms with Crippen LogP contribution in [0.1, 0.15) is 50.7 Å². The van der Waals surface area contributed by atoms with Gasteiger partial charge in [-0.1, -0.05) is 29.8 Å². The minimum Gasteiger partial charge on any atom is -0.385 e. The molecule has 154 valence electrons. The number of anilines is 1. The molecule has 1 amide bonds. The number of benzene rings is 2. The quantitative estimate of drug-likeness (QED) is 0.623. The van der Waals surface area contributed by atoms with E-state index in [1.807, 2.05) is 10.6 Å². The molecular weight excluding hydrogens is 400 g/mol. The Bertz CT molecular complexity index is 1170. The number of nitriles is 1. The van der Waals surface area contributed by atoms with Crippen LogP contribution >= 0.6 is 11.6 Å². The first-order valence-corrected chi connectivity index (χ1v) is 10.3. The Balaban J connectivity index is 1.67. The van der Waals surface area contributed by atoms with E-state index in [0.717, 1.165) is 30.3 Å². The summed E-state index contributed by atoms with van der Waals surface area (Å²) in [5.74, 6) is 0.0714. The normalized spacial score (nSPS) is 17.0. The summed E-state index contributed by atoms with van der Waals surface area (Å²) in [6.07, 6.45) is 2.87. The lowest BCUT2D eigenvalue weighted by atomic mass is 9.78. The Hall–Kier alpha value is -2.88. The maximum Gasteiger partial charge on any atom is 0.229 e. The van der Waals surface area contributed by atoms with Gasteiger partial charge < -0.3 is 9.67 Å². The number of amides is 1. The van der Waals surface area contributed by atoms with E-state index in [9.17, 15) is 15.2 Å². The molecule has 1 aliphatic rings. The fraction of sp³-hybridized carbons (Fsp3) is 0.348. The molecule has 6 nitrogen and oxygen atoms in total. The summed E-state index contributed by atoms with van der Waals surface area (Å²) in [5, 5.41) is 23.5. The number of hydrogen-bond donors (Lipinski definition) is 2. The molecule has 7 heteroatoms. The number of halogens is 1. The summed E-state index contributed by atoms with van der Waals surface area (Å²) in [6.45, 7) is 3.70. The zero-order valence-corrected chi connectivity index (χ0v) is 17.7. The highest BCUT2D eigenvalue weighted by Gasteiger charge is 2.38. The second-order valence-corrected chi connectivity index (χ2v) is 8.82. The Morgan fingerprint density at radius 2 is 2.10 bits per heavy atom. The monoisotopic (exact) mass is 422 g/mol. The van der Waals surface area contributed by atoms with Crippen LogP contribution in [0.25, 0.3) is 11.0 Å². The lowest BCUT2D eigenvalue weighted by Crippen LogP contribution is -2.38. The number of hydrogen-bond acceptors (Lipinski definition) is 4. The third-order valence-electron chi connectivity index (χ3n) is 5.96. The van der Waals surface area contributed by atoms with Crippen molar-refractivity contribution in [2.75, 3.05) is 5.32 Å². The van der Waals surface area contributed by atoms with E-state index in [0.29, 0.717) is 22.1 Å². The summed E-state index contributed by atoms with van der Waals surface area (Å²) < 4.78 is 2.02. The molecule has 3 aromatic rings. The third-order valence-corrected chi connectivity index (χ3v) is 6.29. The van der Waals surface area contributed by atoms with Crippen LogP contribution in [0.15, 0.2) is 42.5 Å². The van der Waals surface area contributed by atoms with E-state index in [4.69, 9.17) is 11.6 Å². The van der Waals surface area contributed by atoms with Gasteiger partial charge in [0.1, 0.15) is 0 Å². The maximum absolute atomic E-state index is 12.9. The highest BCUT2D eigenvalue weighted by molar-refractivity contribution is 6.31. The van der Waals surface area contributed by atoms with Gasteiger partial charge in [0, 0.05) is 16.1 Å². The summed E-state index contributed by atoms with van der Waals surface area (Å²) in [6, 6.07) is 14.4. The van der Waals surface area contributed by atoms with Gasteiger partial charge in [0.05, 0.1) is 34.7 Å². The third kappa shape index (κ3) is 3.55. The first-order chi connectivity index (χ1) is 14.2. The van der Waals surface area contributed by atoms with Crippen LogP contribution in [0.2, 0.25) is 5.02 Å². The number of aliphatic hydroxyl groups is 1. The molecular formula is C23H23ClN4O2. The van der Waals surface area contributed by atoms with E-state index in [1.54, 1.807) is 43.3 Å². The van der Waals surface area contributed by atoms with Crippen LogP contribution in [-0.4, -0.2) is 20.6 Å². The maximum atomic E-state index is 12.9. The molecule has 0 aliphatic heterocycles. The Kier molecular flexibility index (Phi) is 5.05. The predicted molar refractivity (Wildman–Crippen MR) is 116 cm³/mol. The highest BCUT2D eigenvalue weighted by Crippen LogP contribution is 2.43. The first kappa shape index (κ1) is 20.4. The zero-order chi connectivity index (χ0) is 21.5. The molecule has 0 spiro atoms. The van der Waals surface area contributed by atoms with Gasteiger partial charge >= 0.3 is 0 Å². The molecule has 1 aromatic heterocycles. The van der Waals surface area contributed by atoms with Crippen molar-refractivity contribution in [3.63, 3.8) is 0 Å². The highest BCUT2D eigenvalue weighted by atomic mass is 35.5. The van der Waals surface area contributed by atoms with Crippen molar-refractivity contribution in [1.29, 1.82) is 5.26 Å². The summed E-state index contributed by atoms with van der Waals surface area (Å²) in [7, 11) is 0. The minimum absolute atomic E-state index is 0.167. The van der Waals surface area contributed by atoms with Crippen molar-refractivity contribution in [3.8, 4) is 6.07 Å². The number of fused-ring (bicyclic) bond motifs is 1. The number of aromatic nitrogens is 2. The van der Waals surface area contributed by atoms with Gasteiger partial charge in [0.2, 0.25) is 11.9 Å². The van der Waals surface area contributed by atoms with Gasteiger partial charge in [-0.05, 0) is 57.4 Å². The fourth-order valence-corrected chi connectivity index (χ4v) is 4.50. The van der Waals surface area contributed by atoms with Crippen molar-refractivity contribution >= 4 is 34.5 Å². The lowest BCUT2D eigenvalue weighted by Gasteiger charge is -2.41. The SMILES string of the molecule is CC1(n2c(NC(=O)C[C@](C)(O)c3ccccc3Cl)nc3ccc(C#N)cc32)CCC1. The second-order valence-electron chi connectivity index (χ2n) is 8.42. The molecule has 0 radical (unpaired) electrons. The predicted octanol–water partition coefficient (Wildman–Crippen LogP) is 4.70. The molecule has 1 saturated carbocycles. The van der Waals surface area contributed by atoms with E-state index >= 15 is 0 Å². The van der Waals surface area contributed by atoms with Crippen LogP contribution in [-0.2, 0) is 15.9 Å². The fourth-order valence-electron chi connectivity index (χ4n) is 4.16. The van der Waals surface area contributed by atoms with E-state index in [-0.39, 0.29) is 17.9 Å². The number of carbonyl (C=O) groups is 1.